The fraction of sp³-hybridized carbons (Fsp3) is 0.867. The Morgan fingerprint density at radius 1 is 1.35 bits per heavy atom. The molecule has 1 atom stereocenters. The molecule has 0 spiro atoms. The maximum atomic E-state index is 12.4. The summed E-state index contributed by atoms with van der Waals surface area (Å²) in [6.07, 6.45) is 1.92. The fourth-order valence-corrected chi connectivity index (χ4v) is 2.61. The van der Waals surface area contributed by atoms with Gasteiger partial charge in [0, 0.05) is 32.6 Å². The predicted octanol–water partition coefficient (Wildman–Crippen LogP) is 0.874. The van der Waals surface area contributed by atoms with Crippen LogP contribution in [0.25, 0.3) is 0 Å². The Kier molecular flexibility index (Phi) is 11.9. The first-order valence-corrected chi connectivity index (χ1v) is 7.82. The van der Waals surface area contributed by atoms with E-state index in [2.05, 4.69) is 5.32 Å². The Bertz CT molecular complexity index is 368. The van der Waals surface area contributed by atoms with Crippen LogP contribution in [-0.2, 0) is 9.59 Å². The minimum Gasteiger partial charge on any atom is -0.349 e. The average Bonchev–Trinajstić information content (AvgIpc) is 2.84. The van der Waals surface area contributed by atoms with Crippen LogP contribution >= 0.6 is 24.8 Å². The Morgan fingerprint density at radius 2 is 1.91 bits per heavy atom. The number of carbonyl (C=O) groups excluding carboxylic acids is 2. The lowest BCUT2D eigenvalue weighted by atomic mass is 9.91. The van der Waals surface area contributed by atoms with Gasteiger partial charge in [-0.1, -0.05) is 13.8 Å². The zero-order valence-corrected chi connectivity index (χ0v) is 16.3. The summed E-state index contributed by atoms with van der Waals surface area (Å²) < 4.78 is 0. The molecular weight excluding hydrogens is 339 g/mol. The zero-order valence-electron chi connectivity index (χ0n) is 14.6. The van der Waals surface area contributed by atoms with E-state index in [1.807, 2.05) is 32.8 Å². The van der Waals surface area contributed by atoms with Crippen LogP contribution in [0.15, 0.2) is 0 Å². The van der Waals surface area contributed by atoms with E-state index in [-0.39, 0.29) is 48.1 Å². The van der Waals surface area contributed by atoms with Gasteiger partial charge in [0.05, 0.1) is 11.5 Å². The normalized spacial score (nSPS) is 17.7. The third-order valence-corrected chi connectivity index (χ3v) is 4.54. The molecule has 1 aliphatic rings. The lowest BCUT2D eigenvalue weighted by Gasteiger charge is -2.32. The lowest BCUT2D eigenvalue weighted by molar-refractivity contribution is -0.129. The van der Waals surface area contributed by atoms with Crippen LogP contribution in [0.4, 0.5) is 0 Å². The van der Waals surface area contributed by atoms with E-state index < -0.39 is 0 Å². The molecular formula is C15H32Cl2N4O2. The standard InChI is InChI=1S/C15H30N4O2.2ClH/c1-5-15(6-2,11-16)17-14(21)12-9-13(20)19(10-12)8-7-18(3)4;;/h12H,5-11,16H2,1-4H3,(H,17,21);2*1H. The predicted molar refractivity (Wildman–Crippen MR) is 98.2 cm³/mol. The molecule has 1 unspecified atom stereocenters. The first-order valence-electron chi connectivity index (χ1n) is 7.82. The van der Waals surface area contributed by atoms with Crippen molar-refractivity contribution in [1.29, 1.82) is 0 Å². The van der Waals surface area contributed by atoms with Crippen LogP contribution in [0.5, 0.6) is 0 Å². The monoisotopic (exact) mass is 370 g/mol. The minimum absolute atomic E-state index is 0. The van der Waals surface area contributed by atoms with Gasteiger partial charge >= 0.3 is 0 Å². The number of nitrogens with one attached hydrogen (secondary N) is 1. The van der Waals surface area contributed by atoms with Crippen molar-refractivity contribution < 1.29 is 9.59 Å². The van der Waals surface area contributed by atoms with E-state index in [0.717, 1.165) is 19.4 Å². The van der Waals surface area contributed by atoms with Crippen molar-refractivity contribution in [3.63, 3.8) is 0 Å². The molecule has 1 aliphatic heterocycles. The molecule has 3 N–H and O–H groups in total. The molecule has 1 heterocycles. The van der Waals surface area contributed by atoms with Gasteiger partial charge in [0.25, 0.3) is 0 Å². The van der Waals surface area contributed by atoms with Crippen molar-refractivity contribution in [1.82, 2.24) is 15.1 Å². The molecule has 6 nitrogen and oxygen atoms in total. The number of likely N-dealkylation sites (N-methyl/N-ethyl adjacent to an activating group) is 1. The van der Waals surface area contributed by atoms with Crippen LogP contribution in [0.2, 0.25) is 0 Å². The third kappa shape index (κ3) is 6.83. The summed E-state index contributed by atoms with van der Waals surface area (Å²) in [7, 11) is 3.95. The van der Waals surface area contributed by atoms with E-state index in [1.165, 1.54) is 0 Å². The van der Waals surface area contributed by atoms with Gasteiger partial charge in [0.2, 0.25) is 11.8 Å². The van der Waals surface area contributed by atoms with Crippen LogP contribution in [0.3, 0.4) is 0 Å². The molecule has 1 rings (SSSR count). The summed E-state index contributed by atoms with van der Waals surface area (Å²) in [6, 6.07) is 0. The van der Waals surface area contributed by atoms with E-state index in [4.69, 9.17) is 5.73 Å². The largest absolute Gasteiger partial charge is 0.349 e. The SMILES string of the molecule is CCC(CC)(CN)NC(=O)C1CC(=O)N(CCN(C)C)C1.Cl.Cl. The van der Waals surface area contributed by atoms with Crippen molar-refractivity contribution in [3.05, 3.63) is 0 Å². The second-order valence-corrected chi connectivity index (χ2v) is 6.22. The topological polar surface area (TPSA) is 78.7 Å². The average molecular weight is 371 g/mol. The summed E-state index contributed by atoms with van der Waals surface area (Å²) in [4.78, 5) is 28.2. The quantitative estimate of drug-likeness (QED) is 0.664. The number of halogens is 2. The van der Waals surface area contributed by atoms with Crippen LogP contribution in [-0.4, -0.2) is 67.4 Å². The van der Waals surface area contributed by atoms with E-state index in [0.29, 0.717) is 26.1 Å². The van der Waals surface area contributed by atoms with E-state index in [9.17, 15) is 9.59 Å². The molecule has 0 radical (unpaired) electrons. The Hall–Kier alpha value is -0.560. The van der Waals surface area contributed by atoms with Gasteiger partial charge in [-0.3, -0.25) is 9.59 Å². The molecule has 0 aromatic carbocycles. The van der Waals surface area contributed by atoms with Gasteiger partial charge < -0.3 is 20.9 Å². The molecule has 0 saturated carbocycles. The first kappa shape index (κ1) is 24.7. The Balaban J connectivity index is 0. The highest BCUT2D eigenvalue weighted by atomic mass is 35.5. The van der Waals surface area contributed by atoms with E-state index >= 15 is 0 Å². The van der Waals surface area contributed by atoms with Crippen molar-refractivity contribution in [2.75, 3.05) is 40.3 Å². The maximum Gasteiger partial charge on any atom is 0.225 e. The van der Waals surface area contributed by atoms with Crippen molar-refractivity contribution in [3.8, 4) is 0 Å². The minimum atomic E-state index is -0.336. The third-order valence-electron chi connectivity index (χ3n) is 4.54. The number of rotatable bonds is 8. The highest BCUT2D eigenvalue weighted by Gasteiger charge is 2.37. The lowest BCUT2D eigenvalue weighted by Crippen LogP contribution is -2.54. The number of nitrogens with two attached hydrogens (primary N) is 1. The van der Waals surface area contributed by atoms with Crippen LogP contribution in [0, 0.1) is 5.92 Å². The molecule has 138 valence electrons. The molecule has 1 fully saturated rings. The molecule has 23 heavy (non-hydrogen) atoms. The molecule has 2 amide bonds. The molecule has 0 aromatic rings. The number of amides is 2. The zero-order chi connectivity index (χ0) is 16.0. The molecule has 0 aliphatic carbocycles. The number of hydrogen-bond donors (Lipinski definition) is 2. The summed E-state index contributed by atoms with van der Waals surface area (Å²) >= 11 is 0. The van der Waals surface area contributed by atoms with Gasteiger partial charge in [-0.25, -0.2) is 0 Å². The first-order chi connectivity index (χ1) is 9.87. The van der Waals surface area contributed by atoms with Gasteiger partial charge in [-0.05, 0) is 26.9 Å². The van der Waals surface area contributed by atoms with Crippen LogP contribution in [0.1, 0.15) is 33.1 Å². The number of likely N-dealkylation sites (tertiary alicyclic amines) is 1. The second-order valence-electron chi connectivity index (χ2n) is 6.22. The molecule has 0 bridgehead atoms. The number of nitrogens with zero attached hydrogens (tertiary/aromatic N) is 2. The summed E-state index contributed by atoms with van der Waals surface area (Å²) in [5.74, 6) is -0.211. The fourth-order valence-electron chi connectivity index (χ4n) is 2.61. The summed E-state index contributed by atoms with van der Waals surface area (Å²) in [5.41, 5.74) is 5.48. The van der Waals surface area contributed by atoms with Crippen LogP contribution < -0.4 is 11.1 Å². The number of hydrogen-bond acceptors (Lipinski definition) is 4. The van der Waals surface area contributed by atoms with Gasteiger partial charge in [0.1, 0.15) is 0 Å². The summed E-state index contributed by atoms with van der Waals surface area (Å²) in [6.45, 7) is 6.50. The summed E-state index contributed by atoms with van der Waals surface area (Å²) in [5, 5.41) is 3.07. The highest BCUT2D eigenvalue weighted by molar-refractivity contribution is 5.89. The molecule has 1 saturated heterocycles. The highest BCUT2D eigenvalue weighted by Crippen LogP contribution is 2.20. The molecule has 0 aromatic heterocycles. The van der Waals surface area contributed by atoms with E-state index in [1.54, 1.807) is 4.90 Å². The van der Waals surface area contributed by atoms with Gasteiger partial charge in [0.15, 0.2) is 0 Å². The van der Waals surface area contributed by atoms with Crippen molar-refractivity contribution in [2.24, 2.45) is 11.7 Å². The van der Waals surface area contributed by atoms with Crippen molar-refractivity contribution in [2.45, 2.75) is 38.6 Å². The Morgan fingerprint density at radius 3 is 2.35 bits per heavy atom. The number of carbonyl (C=O) groups is 2. The smallest absolute Gasteiger partial charge is 0.225 e. The van der Waals surface area contributed by atoms with Crippen molar-refractivity contribution >= 4 is 36.6 Å². The maximum absolute atomic E-state index is 12.4. The van der Waals surface area contributed by atoms with Gasteiger partial charge in [-0.15, -0.1) is 24.8 Å². The second kappa shape index (κ2) is 11.1. The van der Waals surface area contributed by atoms with Gasteiger partial charge in [-0.2, -0.15) is 0 Å². The molecule has 8 heteroatoms. The Labute approximate surface area is 152 Å².